The minimum Gasteiger partial charge on any atom is -0.492 e. The lowest BCUT2D eigenvalue weighted by Gasteiger charge is -2.12. The summed E-state index contributed by atoms with van der Waals surface area (Å²) in [5, 5.41) is 9.22. The van der Waals surface area contributed by atoms with Gasteiger partial charge in [0.05, 0.1) is 13.1 Å². The van der Waals surface area contributed by atoms with Gasteiger partial charge in [0.15, 0.2) is 5.96 Å². The number of carbonyl (C=O) groups is 1. The van der Waals surface area contributed by atoms with Crippen LogP contribution in [0, 0.1) is 6.92 Å². The molecule has 0 aliphatic carbocycles. The smallest absolute Gasteiger partial charge is 0.221 e. The van der Waals surface area contributed by atoms with Gasteiger partial charge in [-0.2, -0.15) is 0 Å². The first-order chi connectivity index (χ1) is 12.1. The molecule has 2 aromatic rings. The van der Waals surface area contributed by atoms with Gasteiger partial charge in [-0.1, -0.05) is 6.07 Å². The fourth-order valence-electron chi connectivity index (χ4n) is 2.18. The van der Waals surface area contributed by atoms with Gasteiger partial charge in [-0.3, -0.25) is 9.79 Å². The zero-order valence-electron chi connectivity index (χ0n) is 14.8. The van der Waals surface area contributed by atoms with Gasteiger partial charge in [-0.05, 0) is 31.2 Å². The van der Waals surface area contributed by atoms with Crippen LogP contribution < -0.4 is 20.7 Å². The molecule has 0 unspecified atom stereocenters. The molecule has 1 aromatic heterocycles. The maximum Gasteiger partial charge on any atom is 0.221 e. The van der Waals surface area contributed by atoms with Gasteiger partial charge in [0.2, 0.25) is 5.91 Å². The summed E-state index contributed by atoms with van der Waals surface area (Å²) in [7, 11) is 1.74. The Bertz CT molecular complexity index is 727. The summed E-state index contributed by atoms with van der Waals surface area (Å²) in [4.78, 5) is 17.8. The van der Waals surface area contributed by atoms with Gasteiger partial charge in [0, 0.05) is 35.5 Å². The molecule has 0 aliphatic rings. The third-order valence-corrected chi connectivity index (χ3v) is 4.27. The minimum absolute atomic E-state index is 0.102. The largest absolute Gasteiger partial charge is 0.492 e. The van der Waals surface area contributed by atoms with Gasteiger partial charge in [0.25, 0.3) is 0 Å². The highest BCUT2D eigenvalue weighted by atomic mass is 32.1. The molecule has 0 bridgehead atoms. The normalized spacial score (nSPS) is 11.1. The first kappa shape index (κ1) is 18.8. The molecule has 0 saturated carbocycles. The lowest BCUT2D eigenvalue weighted by molar-refractivity contribution is -0.114. The summed E-state index contributed by atoms with van der Waals surface area (Å²) in [6.45, 7) is 5.43. The van der Waals surface area contributed by atoms with E-state index in [4.69, 9.17) is 4.74 Å². The third-order valence-electron chi connectivity index (χ3n) is 3.27. The number of hydrogen-bond acceptors (Lipinski definition) is 4. The molecule has 0 aliphatic heterocycles. The standard InChI is InChI=1S/C18H24N4O2S/c1-13-7-8-17(25-13)12-21-18(19-3)20-9-10-24-16-6-4-5-15(11-16)22-14(2)23/h4-8,11H,9-10,12H2,1-3H3,(H,22,23)(H2,19,20,21). The van der Waals surface area contributed by atoms with Crippen LogP contribution in [-0.4, -0.2) is 32.1 Å². The van der Waals surface area contributed by atoms with E-state index in [1.807, 2.05) is 18.2 Å². The second-order valence-corrected chi connectivity index (χ2v) is 6.79. The summed E-state index contributed by atoms with van der Waals surface area (Å²) in [6.07, 6.45) is 0. The van der Waals surface area contributed by atoms with Gasteiger partial charge in [-0.15, -0.1) is 11.3 Å². The fraction of sp³-hybridized carbons (Fsp3) is 0.333. The van der Waals surface area contributed by atoms with E-state index in [2.05, 4.69) is 40.0 Å². The average Bonchev–Trinajstić information content (AvgIpc) is 2.99. The van der Waals surface area contributed by atoms with Gasteiger partial charge in [-0.25, -0.2) is 0 Å². The lowest BCUT2D eigenvalue weighted by Crippen LogP contribution is -2.38. The van der Waals surface area contributed by atoms with E-state index in [-0.39, 0.29) is 5.91 Å². The number of nitrogens with one attached hydrogen (secondary N) is 3. The monoisotopic (exact) mass is 360 g/mol. The van der Waals surface area contributed by atoms with Crippen LogP contribution in [0.3, 0.4) is 0 Å². The van der Waals surface area contributed by atoms with Crippen LogP contribution in [0.15, 0.2) is 41.4 Å². The number of aliphatic imine (C=N–C) groups is 1. The van der Waals surface area contributed by atoms with Crippen molar-refractivity contribution >= 4 is 28.9 Å². The van der Waals surface area contributed by atoms with Crippen molar-refractivity contribution in [2.45, 2.75) is 20.4 Å². The molecule has 0 spiro atoms. The average molecular weight is 360 g/mol. The van der Waals surface area contributed by atoms with Crippen LogP contribution in [0.25, 0.3) is 0 Å². The lowest BCUT2D eigenvalue weighted by atomic mass is 10.3. The molecule has 1 aromatic carbocycles. The highest BCUT2D eigenvalue weighted by Gasteiger charge is 2.01. The van der Waals surface area contributed by atoms with E-state index in [0.29, 0.717) is 18.9 Å². The first-order valence-electron chi connectivity index (χ1n) is 8.07. The predicted molar refractivity (Wildman–Crippen MR) is 103 cm³/mol. The Morgan fingerprint density at radius 3 is 2.76 bits per heavy atom. The Hall–Kier alpha value is -2.54. The van der Waals surface area contributed by atoms with Gasteiger partial charge < -0.3 is 20.7 Å². The number of aryl methyl sites for hydroxylation is 1. The van der Waals surface area contributed by atoms with E-state index in [9.17, 15) is 4.79 Å². The van der Waals surface area contributed by atoms with Crippen LogP contribution in [0.4, 0.5) is 5.69 Å². The minimum atomic E-state index is -0.102. The van der Waals surface area contributed by atoms with Crippen LogP contribution in [0.5, 0.6) is 5.75 Å². The molecule has 0 atom stereocenters. The molecule has 3 N–H and O–H groups in total. The topological polar surface area (TPSA) is 74.8 Å². The van der Waals surface area contributed by atoms with Crippen LogP contribution in [0.2, 0.25) is 0 Å². The van der Waals surface area contributed by atoms with E-state index in [0.717, 1.165) is 18.2 Å². The molecule has 6 nitrogen and oxygen atoms in total. The summed E-state index contributed by atoms with van der Waals surface area (Å²) in [5.74, 6) is 1.35. The second kappa shape index (κ2) is 9.68. The molecule has 7 heteroatoms. The maximum absolute atomic E-state index is 11.1. The summed E-state index contributed by atoms with van der Waals surface area (Å²) in [5.41, 5.74) is 0.724. The number of thiophene rings is 1. The summed E-state index contributed by atoms with van der Waals surface area (Å²) < 4.78 is 5.69. The molecule has 0 saturated heterocycles. The summed E-state index contributed by atoms with van der Waals surface area (Å²) >= 11 is 1.77. The molecule has 134 valence electrons. The number of carbonyl (C=O) groups excluding carboxylic acids is 1. The van der Waals surface area contributed by atoms with E-state index in [1.165, 1.54) is 16.7 Å². The number of rotatable bonds is 7. The molecule has 25 heavy (non-hydrogen) atoms. The SMILES string of the molecule is CN=C(NCCOc1cccc(NC(C)=O)c1)NCc1ccc(C)s1. The second-order valence-electron chi connectivity index (χ2n) is 5.42. The fourth-order valence-corrected chi connectivity index (χ4v) is 3.01. The summed E-state index contributed by atoms with van der Waals surface area (Å²) in [6, 6.07) is 11.6. The molecule has 1 heterocycles. The molecule has 2 rings (SSSR count). The Kier molecular flexibility index (Phi) is 7.28. The van der Waals surface area contributed by atoms with Crippen LogP contribution in [-0.2, 0) is 11.3 Å². The number of nitrogens with zero attached hydrogens (tertiary/aromatic N) is 1. The van der Waals surface area contributed by atoms with Crippen molar-refractivity contribution in [1.82, 2.24) is 10.6 Å². The van der Waals surface area contributed by atoms with Gasteiger partial charge >= 0.3 is 0 Å². The Morgan fingerprint density at radius 1 is 1.24 bits per heavy atom. The van der Waals surface area contributed by atoms with E-state index >= 15 is 0 Å². The maximum atomic E-state index is 11.1. The number of amides is 1. The van der Waals surface area contributed by atoms with Crippen molar-refractivity contribution in [3.05, 3.63) is 46.2 Å². The van der Waals surface area contributed by atoms with E-state index < -0.39 is 0 Å². The molecular weight excluding hydrogens is 336 g/mol. The van der Waals surface area contributed by atoms with Crippen LogP contribution >= 0.6 is 11.3 Å². The number of benzene rings is 1. The Balaban J connectivity index is 1.71. The van der Waals surface area contributed by atoms with Crippen molar-refractivity contribution in [3.63, 3.8) is 0 Å². The number of hydrogen-bond donors (Lipinski definition) is 3. The Labute approximate surface area is 152 Å². The van der Waals surface area contributed by atoms with Crippen molar-refractivity contribution in [2.24, 2.45) is 4.99 Å². The third kappa shape index (κ3) is 6.84. The zero-order valence-corrected chi connectivity index (χ0v) is 15.6. The number of anilines is 1. The van der Waals surface area contributed by atoms with Crippen molar-refractivity contribution in [3.8, 4) is 5.75 Å². The van der Waals surface area contributed by atoms with Crippen molar-refractivity contribution < 1.29 is 9.53 Å². The van der Waals surface area contributed by atoms with Gasteiger partial charge in [0.1, 0.15) is 12.4 Å². The van der Waals surface area contributed by atoms with Crippen molar-refractivity contribution in [1.29, 1.82) is 0 Å². The molecule has 0 radical (unpaired) electrons. The molecule has 1 amide bonds. The molecule has 0 fully saturated rings. The highest BCUT2D eigenvalue weighted by molar-refractivity contribution is 7.11. The quantitative estimate of drug-likeness (QED) is 0.403. The van der Waals surface area contributed by atoms with Crippen molar-refractivity contribution in [2.75, 3.05) is 25.5 Å². The number of ether oxygens (including phenoxy) is 1. The number of guanidine groups is 1. The Morgan fingerprint density at radius 2 is 2.08 bits per heavy atom. The first-order valence-corrected chi connectivity index (χ1v) is 8.89. The highest BCUT2D eigenvalue weighted by Crippen LogP contribution is 2.17. The predicted octanol–water partition coefficient (Wildman–Crippen LogP) is 2.76. The molecular formula is C18H24N4O2S. The van der Waals surface area contributed by atoms with Crippen LogP contribution in [0.1, 0.15) is 16.7 Å². The zero-order chi connectivity index (χ0) is 18.1. The van der Waals surface area contributed by atoms with E-state index in [1.54, 1.807) is 24.5 Å².